The zero-order valence-corrected chi connectivity index (χ0v) is 17.9. The van der Waals surface area contributed by atoms with Gasteiger partial charge < -0.3 is 5.32 Å². The molecule has 1 amide bonds. The topological polar surface area (TPSA) is 35.6 Å². The van der Waals surface area contributed by atoms with Gasteiger partial charge in [-0.2, -0.15) is 0 Å². The second-order valence-electron chi connectivity index (χ2n) is 7.71. The first-order chi connectivity index (χ1) is 15.1. The van der Waals surface area contributed by atoms with E-state index in [9.17, 15) is 9.18 Å². The average molecular weight is 438 g/mol. The highest BCUT2D eigenvalue weighted by molar-refractivity contribution is 6.31. The van der Waals surface area contributed by atoms with Gasteiger partial charge in [0.25, 0.3) is 0 Å². The van der Waals surface area contributed by atoms with Crippen LogP contribution in [0, 0.1) is 5.82 Å². The third-order valence-electron chi connectivity index (χ3n) is 5.57. The van der Waals surface area contributed by atoms with Crippen LogP contribution in [0.2, 0.25) is 5.02 Å². The van der Waals surface area contributed by atoms with Crippen molar-refractivity contribution in [3.05, 3.63) is 101 Å². The molecule has 4 nitrogen and oxygen atoms in total. The number of hydrogen-bond donors (Lipinski definition) is 1. The number of carbonyl (C=O) groups excluding carboxylic acids is 1. The van der Waals surface area contributed by atoms with E-state index in [0.717, 1.165) is 26.2 Å². The molecule has 1 aliphatic heterocycles. The maximum Gasteiger partial charge on any atom is 0.238 e. The molecule has 0 atom stereocenters. The van der Waals surface area contributed by atoms with Gasteiger partial charge in [0.1, 0.15) is 5.82 Å². The largest absolute Gasteiger partial charge is 0.325 e. The fourth-order valence-corrected chi connectivity index (χ4v) is 4.22. The predicted octanol–water partition coefficient (Wildman–Crippen LogP) is 4.82. The van der Waals surface area contributed by atoms with Crippen LogP contribution in [-0.2, 0) is 4.79 Å². The molecular weight excluding hydrogens is 413 g/mol. The van der Waals surface area contributed by atoms with Crippen LogP contribution in [-0.4, -0.2) is 48.4 Å². The number of anilines is 1. The van der Waals surface area contributed by atoms with Gasteiger partial charge in [0.2, 0.25) is 5.91 Å². The van der Waals surface area contributed by atoms with E-state index in [0.29, 0.717) is 12.2 Å². The molecule has 0 bridgehead atoms. The molecule has 0 radical (unpaired) electrons. The van der Waals surface area contributed by atoms with Crippen LogP contribution in [0.5, 0.6) is 0 Å². The lowest BCUT2D eigenvalue weighted by Gasteiger charge is -2.39. The summed E-state index contributed by atoms with van der Waals surface area (Å²) in [6.07, 6.45) is 0. The standard InChI is InChI=1S/C25H25ClFN3O/c26-22-17-21(11-12-23(22)27)28-24(31)18-29-13-15-30(16-14-29)25(19-7-3-1-4-8-19)20-9-5-2-6-10-20/h1-12,17,25H,13-16,18H2,(H,28,31). The fourth-order valence-electron chi connectivity index (χ4n) is 4.04. The van der Waals surface area contributed by atoms with Crippen molar-refractivity contribution in [1.82, 2.24) is 9.80 Å². The molecule has 0 aliphatic carbocycles. The number of nitrogens with zero attached hydrogens (tertiary/aromatic N) is 2. The Morgan fingerprint density at radius 1 is 0.903 bits per heavy atom. The van der Waals surface area contributed by atoms with Gasteiger partial charge in [-0.1, -0.05) is 72.3 Å². The Morgan fingerprint density at radius 2 is 1.48 bits per heavy atom. The van der Waals surface area contributed by atoms with Crippen LogP contribution in [0.25, 0.3) is 0 Å². The first kappa shape index (κ1) is 21.5. The molecular formula is C25H25ClFN3O. The maximum absolute atomic E-state index is 13.3. The summed E-state index contributed by atoms with van der Waals surface area (Å²) in [6, 6.07) is 25.5. The van der Waals surface area contributed by atoms with Crippen molar-refractivity contribution >= 4 is 23.2 Å². The second kappa shape index (κ2) is 10.1. The average Bonchev–Trinajstić information content (AvgIpc) is 2.79. The number of rotatable bonds is 6. The minimum absolute atomic E-state index is 0.000667. The summed E-state index contributed by atoms with van der Waals surface area (Å²) in [6.45, 7) is 3.62. The smallest absolute Gasteiger partial charge is 0.238 e. The maximum atomic E-state index is 13.3. The lowest BCUT2D eigenvalue weighted by molar-refractivity contribution is -0.117. The Kier molecular flexibility index (Phi) is 6.97. The van der Waals surface area contributed by atoms with Crippen LogP contribution in [0.3, 0.4) is 0 Å². The van der Waals surface area contributed by atoms with E-state index >= 15 is 0 Å². The summed E-state index contributed by atoms with van der Waals surface area (Å²) >= 11 is 5.79. The Hall–Kier alpha value is -2.73. The molecule has 1 heterocycles. The SMILES string of the molecule is O=C(CN1CCN(C(c2ccccc2)c2ccccc2)CC1)Nc1ccc(F)c(Cl)c1. The molecule has 31 heavy (non-hydrogen) atoms. The van der Waals surface area contributed by atoms with Crippen molar-refractivity contribution in [1.29, 1.82) is 0 Å². The summed E-state index contributed by atoms with van der Waals surface area (Å²) in [4.78, 5) is 17.0. The highest BCUT2D eigenvalue weighted by Crippen LogP contribution is 2.29. The minimum atomic E-state index is -0.498. The fraction of sp³-hybridized carbons (Fsp3) is 0.240. The van der Waals surface area contributed by atoms with Crippen LogP contribution in [0.15, 0.2) is 78.9 Å². The van der Waals surface area contributed by atoms with Gasteiger partial charge in [-0.05, 0) is 29.3 Å². The van der Waals surface area contributed by atoms with Gasteiger partial charge in [0.05, 0.1) is 17.6 Å². The van der Waals surface area contributed by atoms with Gasteiger partial charge >= 0.3 is 0 Å². The number of piperazine rings is 1. The van der Waals surface area contributed by atoms with E-state index in [1.807, 2.05) is 12.1 Å². The Labute approximate surface area is 187 Å². The van der Waals surface area contributed by atoms with Crippen molar-refractivity contribution < 1.29 is 9.18 Å². The molecule has 0 aromatic heterocycles. The number of carbonyl (C=O) groups is 1. The Morgan fingerprint density at radius 3 is 2.03 bits per heavy atom. The molecule has 160 valence electrons. The summed E-state index contributed by atoms with van der Waals surface area (Å²) in [7, 11) is 0. The molecule has 4 rings (SSSR count). The lowest BCUT2D eigenvalue weighted by atomic mass is 9.96. The number of halogens is 2. The quantitative estimate of drug-likeness (QED) is 0.600. The molecule has 0 saturated carbocycles. The zero-order chi connectivity index (χ0) is 21.6. The summed E-state index contributed by atoms with van der Waals surface area (Å²) < 4.78 is 13.3. The zero-order valence-electron chi connectivity index (χ0n) is 17.2. The number of benzene rings is 3. The van der Waals surface area contributed by atoms with Crippen LogP contribution >= 0.6 is 11.6 Å². The lowest BCUT2D eigenvalue weighted by Crippen LogP contribution is -2.49. The van der Waals surface area contributed by atoms with Gasteiger partial charge in [-0.15, -0.1) is 0 Å². The van der Waals surface area contributed by atoms with Crippen molar-refractivity contribution in [3.8, 4) is 0 Å². The first-order valence-corrected chi connectivity index (χ1v) is 10.8. The highest BCUT2D eigenvalue weighted by Gasteiger charge is 2.27. The van der Waals surface area contributed by atoms with Crippen molar-refractivity contribution in [2.24, 2.45) is 0 Å². The molecule has 3 aromatic carbocycles. The molecule has 3 aromatic rings. The van der Waals surface area contributed by atoms with Crippen LogP contribution in [0.1, 0.15) is 17.2 Å². The summed E-state index contributed by atoms with van der Waals surface area (Å²) in [5.41, 5.74) is 3.05. The Balaban J connectivity index is 1.37. The number of hydrogen-bond acceptors (Lipinski definition) is 3. The van der Waals surface area contributed by atoms with Gasteiger partial charge in [-0.25, -0.2) is 4.39 Å². The Bertz CT molecular complexity index is 968. The van der Waals surface area contributed by atoms with Gasteiger partial charge in [-0.3, -0.25) is 14.6 Å². The highest BCUT2D eigenvalue weighted by atomic mass is 35.5. The van der Waals surface area contributed by atoms with E-state index < -0.39 is 5.82 Å². The van der Waals surface area contributed by atoms with Gasteiger partial charge in [0.15, 0.2) is 0 Å². The number of nitrogens with one attached hydrogen (secondary N) is 1. The normalized spacial score (nSPS) is 15.2. The third kappa shape index (κ3) is 5.50. The number of amides is 1. The summed E-state index contributed by atoms with van der Waals surface area (Å²) in [5.74, 6) is -0.624. The van der Waals surface area contributed by atoms with Crippen molar-refractivity contribution in [3.63, 3.8) is 0 Å². The monoisotopic (exact) mass is 437 g/mol. The first-order valence-electron chi connectivity index (χ1n) is 10.4. The van der Waals surface area contributed by atoms with Crippen molar-refractivity contribution in [2.75, 3.05) is 38.0 Å². The van der Waals surface area contributed by atoms with E-state index in [-0.39, 0.29) is 17.0 Å². The molecule has 0 spiro atoms. The summed E-state index contributed by atoms with van der Waals surface area (Å²) in [5, 5.41) is 2.80. The molecule has 1 fully saturated rings. The molecule has 0 unspecified atom stereocenters. The molecule has 1 aliphatic rings. The third-order valence-corrected chi connectivity index (χ3v) is 5.86. The van der Waals surface area contributed by atoms with Crippen molar-refractivity contribution in [2.45, 2.75) is 6.04 Å². The van der Waals surface area contributed by atoms with E-state index in [2.05, 4.69) is 63.6 Å². The molecule has 1 N–H and O–H groups in total. The van der Waals surface area contributed by atoms with Gasteiger partial charge in [0, 0.05) is 31.9 Å². The van der Waals surface area contributed by atoms with Crippen LogP contribution < -0.4 is 5.32 Å². The van der Waals surface area contributed by atoms with E-state index in [1.54, 1.807) is 0 Å². The van der Waals surface area contributed by atoms with E-state index in [1.165, 1.54) is 29.3 Å². The molecule has 6 heteroatoms. The minimum Gasteiger partial charge on any atom is -0.325 e. The second-order valence-corrected chi connectivity index (χ2v) is 8.12. The molecule has 1 saturated heterocycles. The van der Waals surface area contributed by atoms with Crippen LogP contribution in [0.4, 0.5) is 10.1 Å². The van der Waals surface area contributed by atoms with E-state index in [4.69, 9.17) is 11.6 Å². The predicted molar refractivity (Wildman–Crippen MR) is 123 cm³/mol.